The molecule has 0 fully saturated rings. The molecule has 3 aromatic rings. The van der Waals surface area contributed by atoms with Gasteiger partial charge in [0.1, 0.15) is 11.4 Å². The molecule has 2 aromatic carbocycles. The van der Waals surface area contributed by atoms with E-state index >= 15 is 0 Å². The Hall–Kier alpha value is -4.01. The number of alkyl halides is 2. The van der Waals surface area contributed by atoms with Crippen molar-refractivity contribution in [3.05, 3.63) is 70.8 Å². The molecule has 1 aliphatic carbocycles. The third-order valence-corrected chi connectivity index (χ3v) is 6.73. The van der Waals surface area contributed by atoms with E-state index in [2.05, 4.69) is 19.8 Å². The number of aryl methyl sites for hydroxylation is 2. The summed E-state index contributed by atoms with van der Waals surface area (Å²) in [6.07, 6.45) is -2.70. The van der Waals surface area contributed by atoms with E-state index in [4.69, 9.17) is 4.74 Å². The largest absolute Gasteiger partial charge is 0.586 e. The summed E-state index contributed by atoms with van der Waals surface area (Å²) < 4.78 is 41.8. The zero-order valence-electron chi connectivity index (χ0n) is 21.8. The number of esters is 1. The van der Waals surface area contributed by atoms with Crippen molar-refractivity contribution in [2.24, 2.45) is 0 Å². The molecule has 0 bridgehead atoms. The van der Waals surface area contributed by atoms with Crippen LogP contribution in [0.2, 0.25) is 0 Å². The SMILES string of the molecule is Cc1ccc(NC(=O)C2(C)CCc3cc4c(cc32)OC(F)(F)O4)nc1-c1cccc(C(=O)OC(C)(C)C)c1. The summed E-state index contributed by atoms with van der Waals surface area (Å²) in [7, 11) is 0. The minimum atomic E-state index is -3.72. The van der Waals surface area contributed by atoms with Crippen LogP contribution in [0.4, 0.5) is 14.6 Å². The number of rotatable bonds is 4. The number of nitrogens with one attached hydrogen (secondary N) is 1. The van der Waals surface area contributed by atoms with Crippen LogP contribution in [0.25, 0.3) is 11.3 Å². The Balaban J connectivity index is 1.40. The van der Waals surface area contributed by atoms with Gasteiger partial charge in [0.25, 0.3) is 0 Å². The molecule has 5 rings (SSSR count). The highest BCUT2D eigenvalue weighted by Gasteiger charge is 2.47. The number of amides is 1. The number of carbonyl (C=O) groups is 2. The molecule has 1 aromatic heterocycles. The minimum Gasteiger partial charge on any atom is -0.456 e. The molecule has 0 saturated carbocycles. The summed E-state index contributed by atoms with van der Waals surface area (Å²) in [5, 5.41) is 2.89. The van der Waals surface area contributed by atoms with Crippen LogP contribution in [0, 0.1) is 6.92 Å². The second-order valence-corrected chi connectivity index (χ2v) is 10.9. The van der Waals surface area contributed by atoms with Gasteiger partial charge in [0.05, 0.1) is 16.7 Å². The van der Waals surface area contributed by atoms with E-state index in [0.29, 0.717) is 41.0 Å². The zero-order chi connectivity index (χ0) is 27.5. The van der Waals surface area contributed by atoms with Crippen LogP contribution in [0.5, 0.6) is 11.5 Å². The van der Waals surface area contributed by atoms with Gasteiger partial charge in [-0.2, -0.15) is 0 Å². The van der Waals surface area contributed by atoms with Gasteiger partial charge in [-0.15, -0.1) is 8.78 Å². The van der Waals surface area contributed by atoms with Gasteiger partial charge in [0, 0.05) is 5.56 Å². The van der Waals surface area contributed by atoms with Gasteiger partial charge in [-0.05, 0) is 94.5 Å². The average Bonchev–Trinajstić information content (AvgIpc) is 3.32. The smallest absolute Gasteiger partial charge is 0.456 e. The number of anilines is 1. The molecule has 1 N–H and O–H groups in total. The topological polar surface area (TPSA) is 86.8 Å². The Morgan fingerprint density at radius 2 is 1.76 bits per heavy atom. The van der Waals surface area contributed by atoms with E-state index < -0.39 is 23.3 Å². The molecule has 9 heteroatoms. The number of benzene rings is 2. The van der Waals surface area contributed by atoms with Crippen LogP contribution >= 0.6 is 0 Å². The minimum absolute atomic E-state index is 0.0307. The molecule has 0 spiro atoms. The van der Waals surface area contributed by atoms with Crippen molar-refractivity contribution < 1.29 is 32.6 Å². The first-order valence-corrected chi connectivity index (χ1v) is 12.3. The first-order valence-electron chi connectivity index (χ1n) is 12.3. The molecule has 198 valence electrons. The first kappa shape index (κ1) is 25.6. The number of fused-ring (bicyclic) bond motifs is 2. The molecule has 0 saturated heterocycles. The van der Waals surface area contributed by atoms with Crippen molar-refractivity contribution in [2.45, 2.75) is 64.8 Å². The number of nitrogens with zero attached hydrogens (tertiary/aromatic N) is 1. The van der Waals surface area contributed by atoms with Crippen molar-refractivity contribution >= 4 is 17.7 Å². The van der Waals surface area contributed by atoms with Crippen molar-refractivity contribution in [3.63, 3.8) is 0 Å². The monoisotopic (exact) mass is 522 g/mol. The van der Waals surface area contributed by atoms with Crippen molar-refractivity contribution in [2.75, 3.05) is 5.32 Å². The van der Waals surface area contributed by atoms with Crippen LogP contribution in [-0.4, -0.2) is 28.8 Å². The molecule has 1 atom stereocenters. The van der Waals surface area contributed by atoms with E-state index in [0.717, 1.165) is 11.1 Å². The summed E-state index contributed by atoms with van der Waals surface area (Å²) in [5.74, 6) is -0.535. The Labute approximate surface area is 219 Å². The van der Waals surface area contributed by atoms with Crippen LogP contribution < -0.4 is 14.8 Å². The number of hydrogen-bond donors (Lipinski definition) is 1. The highest BCUT2D eigenvalue weighted by Crippen LogP contribution is 2.49. The number of hydrogen-bond acceptors (Lipinski definition) is 6. The predicted molar refractivity (Wildman–Crippen MR) is 137 cm³/mol. The van der Waals surface area contributed by atoms with Crippen LogP contribution in [0.15, 0.2) is 48.5 Å². The quantitative estimate of drug-likeness (QED) is 0.412. The Bertz CT molecular complexity index is 1460. The fourth-order valence-corrected chi connectivity index (χ4v) is 4.79. The van der Waals surface area contributed by atoms with Gasteiger partial charge < -0.3 is 19.5 Å². The second-order valence-electron chi connectivity index (χ2n) is 10.9. The Morgan fingerprint density at radius 3 is 2.47 bits per heavy atom. The summed E-state index contributed by atoms with van der Waals surface area (Å²) in [4.78, 5) is 30.7. The third-order valence-electron chi connectivity index (χ3n) is 6.73. The van der Waals surface area contributed by atoms with Gasteiger partial charge in [-0.1, -0.05) is 18.2 Å². The fourth-order valence-electron chi connectivity index (χ4n) is 4.79. The zero-order valence-corrected chi connectivity index (χ0v) is 21.8. The predicted octanol–water partition coefficient (Wildman–Crippen LogP) is 6.18. The second kappa shape index (κ2) is 8.79. The van der Waals surface area contributed by atoms with E-state index in [1.807, 2.05) is 19.1 Å². The standard InChI is InChI=1S/C29H28F2N2O5/c1-16-9-10-23(32-24(16)18-7-6-8-19(13-18)25(34)38-27(2,3)4)33-26(35)28(5)12-11-17-14-21-22(15-20(17)28)37-29(30,31)36-21/h6-10,13-15H,11-12H2,1-5H3,(H,32,33,35). The fraction of sp³-hybridized carbons (Fsp3) is 0.345. The molecule has 38 heavy (non-hydrogen) atoms. The summed E-state index contributed by atoms with van der Waals surface area (Å²) in [5.41, 5.74) is 2.34. The van der Waals surface area contributed by atoms with Gasteiger partial charge in [-0.3, -0.25) is 4.79 Å². The average molecular weight is 523 g/mol. The number of aromatic nitrogens is 1. The van der Waals surface area contributed by atoms with Crippen LogP contribution in [-0.2, 0) is 21.4 Å². The molecule has 0 radical (unpaired) electrons. The van der Waals surface area contributed by atoms with E-state index in [1.54, 1.807) is 52.0 Å². The number of carbonyl (C=O) groups excluding carboxylic acids is 2. The molecular weight excluding hydrogens is 494 g/mol. The molecule has 7 nitrogen and oxygen atoms in total. The normalized spacial score (nSPS) is 19.1. The lowest BCUT2D eigenvalue weighted by molar-refractivity contribution is -0.286. The first-order chi connectivity index (χ1) is 17.7. The van der Waals surface area contributed by atoms with E-state index in [9.17, 15) is 18.4 Å². The molecule has 2 aliphatic rings. The lowest BCUT2D eigenvalue weighted by Crippen LogP contribution is -2.36. The van der Waals surface area contributed by atoms with Gasteiger partial charge in [0.15, 0.2) is 11.5 Å². The summed E-state index contributed by atoms with van der Waals surface area (Å²) >= 11 is 0. The molecular formula is C29H28F2N2O5. The lowest BCUT2D eigenvalue weighted by Gasteiger charge is -2.24. The third kappa shape index (κ3) is 4.80. The van der Waals surface area contributed by atoms with Gasteiger partial charge in [-0.25, -0.2) is 9.78 Å². The lowest BCUT2D eigenvalue weighted by atomic mass is 9.83. The maximum Gasteiger partial charge on any atom is 0.586 e. The number of ether oxygens (including phenoxy) is 3. The maximum absolute atomic E-state index is 13.6. The summed E-state index contributed by atoms with van der Waals surface area (Å²) in [6.45, 7) is 9.08. The molecule has 1 unspecified atom stereocenters. The van der Waals surface area contributed by atoms with E-state index in [-0.39, 0.29) is 17.4 Å². The number of pyridine rings is 1. The molecule has 1 aliphatic heterocycles. The van der Waals surface area contributed by atoms with Crippen molar-refractivity contribution in [1.82, 2.24) is 4.98 Å². The van der Waals surface area contributed by atoms with Crippen LogP contribution in [0.1, 0.15) is 61.2 Å². The van der Waals surface area contributed by atoms with Crippen LogP contribution in [0.3, 0.4) is 0 Å². The molecule has 2 heterocycles. The molecule has 1 amide bonds. The number of halogens is 2. The Morgan fingerprint density at radius 1 is 1.05 bits per heavy atom. The maximum atomic E-state index is 13.6. The van der Waals surface area contributed by atoms with Crippen molar-refractivity contribution in [1.29, 1.82) is 0 Å². The van der Waals surface area contributed by atoms with Gasteiger partial charge >= 0.3 is 12.3 Å². The summed E-state index contributed by atoms with van der Waals surface area (Å²) in [6, 6.07) is 13.5. The van der Waals surface area contributed by atoms with Gasteiger partial charge in [0.2, 0.25) is 5.91 Å². The highest BCUT2D eigenvalue weighted by atomic mass is 19.3. The highest BCUT2D eigenvalue weighted by molar-refractivity contribution is 5.99. The van der Waals surface area contributed by atoms with Crippen molar-refractivity contribution in [3.8, 4) is 22.8 Å². The Kier molecular flexibility index (Phi) is 5.93. The van der Waals surface area contributed by atoms with E-state index in [1.165, 1.54) is 12.1 Å².